The van der Waals surface area contributed by atoms with Crippen molar-refractivity contribution in [3.8, 4) is 11.3 Å². The van der Waals surface area contributed by atoms with Crippen molar-refractivity contribution in [3.63, 3.8) is 0 Å². The van der Waals surface area contributed by atoms with E-state index in [0.29, 0.717) is 5.95 Å². The lowest BCUT2D eigenvalue weighted by Gasteiger charge is -2.20. The second kappa shape index (κ2) is 10.5. The van der Waals surface area contributed by atoms with E-state index in [2.05, 4.69) is 71.6 Å². The Hall–Kier alpha value is -2.99. The lowest BCUT2D eigenvalue weighted by molar-refractivity contribution is 0.405. The molecule has 0 aliphatic heterocycles. The summed E-state index contributed by atoms with van der Waals surface area (Å²) in [6, 6.07) is 16.4. The minimum atomic E-state index is 0.677. The van der Waals surface area contributed by atoms with Crippen LogP contribution in [-0.2, 0) is 6.42 Å². The van der Waals surface area contributed by atoms with Gasteiger partial charge in [0, 0.05) is 44.2 Å². The van der Waals surface area contributed by atoms with Gasteiger partial charge in [-0.1, -0.05) is 30.3 Å². The SMILES string of the molecule is CN(C)CCCNc1nc(-c2ccccc2)cc(N(C)CCc2ccncc2)n1. The summed E-state index contributed by atoms with van der Waals surface area (Å²) in [5.74, 6) is 1.60. The molecule has 0 spiro atoms. The molecule has 2 heterocycles. The van der Waals surface area contributed by atoms with Gasteiger partial charge in [0.05, 0.1) is 5.69 Å². The molecule has 0 saturated heterocycles. The third kappa shape index (κ3) is 6.54. The number of pyridine rings is 1. The topological polar surface area (TPSA) is 57.2 Å². The van der Waals surface area contributed by atoms with Gasteiger partial charge in [-0.3, -0.25) is 4.98 Å². The maximum Gasteiger partial charge on any atom is 0.225 e. The summed E-state index contributed by atoms with van der Waals surface area (Å²) in [5.41, 5.74) is 3.29. The standard InChI is InChI=1S/C23H30N6/c1-28(2)16-7-13-25-23-26-21(20-8-5-4-6-9-20)18-22(27-23)29(3)17-12-19-10-14-24-15-11-19/h4-6,8-11,14-15,18H,7,12-13,16-17H2,1-3H3,(H,25,26,27). The Balaban J connectivity index is 1.76. The highest BCUT2D eigenvalue weighted by Gasteiger charge is 2.10. The largest absolute Gasteiger partial charge is 0.359 e. The third-order valence-electron chi connectivity index (χ3n) is 4.72. The molecule has 0 atom stereocenters. The number of hydrogen-bond acceptors (Lipinski definition) is 6. The van der Waals surface area contributed by atoms with Gasteiger partial charge in [-0.15, -0.1) is 0 Å². The normalized spacial score (nSPS) is 10.9. The highest BCUT2D eigenvalue weighted by molar-refractivity contribution is 5.64. The first kappa shape index (κ1) is 20.7. The van der Waals surface area contributed by atoms with Gasteiger partial charge >= 0.3 is 0 Å². The van der Waals surface area contributed by atoms with Crippen LogP contribution in [0, 0.1) is 0 Å². The quantitative estimate of drug-likeness (QED) is 0.534. The number of likely N-dealkylation sites (N-methyl/N-ethyl adjacent to an activating group) is 1. The van der Waals surface area contributed by atoms with E-state index < -0.39 is 0 Å². The van der Waals surface area contributed by atoms with E-state index in [-0.39, 0.29) is 0 Å². The minimum Gasteiger partial charge on any atom is -0.359 e. The van der Waals surface area contributed by atoms with Crippen molar-refractivity contribution >= 4 is 11.8 Å². The molecule has 1 N–H and O–H groups in total. The van der Waals surface area contributed by atoms with Crippen LogP contribution in [0.3, 0.4) is 0 Å². The fraction of sp³-hybridized carbons (Fsp3) is 0.348. The molecule has 0 aliphatic carbocycles. The molecule has 6 nitrogen and oxygen atoms in total. The lowest BCUT2D eigenvalue weighted by atomic mass is 10.1. The molecule has 6 heteroatoms. The van der Waals surface area contributed by atoms with E-state index in [4.69, 9.17) is 9.97 Å². The van der Waals surface area contributed by atoms with E-state index in [1.807, 2.05) is 30.6 Å². The van der Waals surface area contributed by atoms with Gasteiger partial charge in [0.2, 0.25) is 5.95 Å². The lowest BCUT2D eigenvalue weighted by Crippen LogP contribution is -2.22. The van der Waals surface area contributed by atoms with Crippen molar-refractivity contribution in [2.75, 3.05) is 51.0 Å². The zero-order valence-electron chi connectivity index (χ0n) is 17.5. The van der Waals surface area contributed by atoms with E-state index in [9.17, 15) is 0 Å². The number of hydrogen-bond donors (Lipinski definition) is 1. The Bertz CT molecular complexity index is 867. The predicted molar refractivity (Wildman–Crippen MR) is 120 cm³/mol. The molecule has 3 aromatic rings. The molecule has 152 valence electrons. The first-order valence-electron chi connectivity index (χ1n) is 10.0. The van der Waals surface area contributed by atoms with Gasteiger partial charge in [0.1, 0.15) is 5.82 Å². The first-order valence-corrected chi connectivity index (χ1v) is 10.0. The van der Waals surface area contributed by atoms with Crippen molar-refractivity contribution < 1.29 is 0 Å². The Morgan fingerprint density at radius 2 is 1.66 bits per heavy atom. The van der Waals surface area contributed by atoms with Crippen LogP contribution in [0.2, 0.25) is 0 Å². The van der Waals surface area contributed by atoms with E-state index in [0.717, 1.165) is 49.6 Å². The van der Waals surface area contributed by atoms with Crippen LogP contribution in [0.15, 0.2) is 60.9 Å². The van der Waals surface area contributed by atoms with Crippen molar-refractivity contribution in [2.45, 2.75) is 12.8 Å². The average molecular weight is 391 g/mol. The summed E-state index contributed by atoms with van der Waals surface area (Å²) < 4.78 is 0. The molecule has 0 fully saturated rings. The number of nitrogens with one attached hydrogen (secondary N) is 1. The van der Waals surface area contributed by atoms with Gasteiger partial charge in [-0.25, -0.2) is 4.98 Å². The van der Waals surface area contributed by atoms with Gasteiger partial charge < -0.3 is 15.1 Å². The van der Waals surface area contributed by atoms with Crippen molar-refractivity contribution in [2.24, 2.45) is 0 Å². The third-order valence-corrected chi connectivity index (χ3v) is 4.72. The van der Waals surface area contributed by atoms with Crippen molar-refractivity contribution in [1.29, 1.82) is 0 Å². The molecule has 0 saturated carbocycles. The summed E-state index contributed by atoms with van der Waals surface area (Å²) >= 11 is 0. The average Bonchev–Trinajstić information content (AvgIpc) is 2.76. The Morgan fingerprint density at radius 1 is 0.897 bits per heavy atom. The summed E-state index contributed by atoms with van der Waals surface area (Å²) in [7, 11) is 6.25. The molecular formula is C23H30N6. The summed E-state index contributed by atoms with van der Waals surface area (Å²) in [6.45, 7) is 2.75. The van der Waals surface area contributed by atoms with Gasteiger partial charge in [-0.05, 0) is 51.2 Å². The zero-order chi connectivity index (χ0) is 20.5. The van der Waals surface area contributed by atoms with Gasteiger partial charge in [0.25, 0.3) is 0 Å². The maximum atomic E-state index is 4.77. The monoisotopic (exact) mass is 390 g/mol. The van der Waals surface area contributed by atoms with Crippen LogP contribution >= 0.6 is 0 Å². The summed E-state index contributed by atoms with van der Waals surface area (Å²) in [5, 5.41) is 3.40. The molecule has 2 aromatic heterocycles. The number of anilines is 2. The minimum absolute atomic E-state index is 0.677. The molecule has 0 radical (unpaired) electrons. The van der Waals surface area contributed by atoms with E-state index >= 15 is 0 Å². The summed E-state index contributed by atoms with van der Waals surface area (Å²) in [4.78, 5) is 18.0. The van der Waals surface area contributed by atoms with Crippen LogP contribution in [0.5, 0.6) is 0 Å². The number of aromatic nitrogens is 3. The molecule has 0 unspecified atom stereocenters. The second-order valence-corrected chi connectivity index (χ2v) is 7.41. The van der Waals surface area contributed by atoms with Crippen LogP contribution in [-0.4, -0.2) is 60.6 Å². The highest BCUT2D eigenvalue weighted by atomic mass is 15.2. The molecule has 29 heavy (non-hydrogen) atoms. The van der Waals surface area contributed by atoms with Gasteiger partial charge in [-0.2, -0.15) is 4.98 Å². The van der Waals surface area contributed by atoms with Crippen LogP contribution in [0.4, 0.5) is 11.8 Å². The highest BCUT2D eigenvalue weighted by Crippen LogP contribution is 2.23. The molecule has 3 rings (SSSR count). The molecular weight excluding hydrogens is 360 g/mol. The van der Waals surface area contributed by atoms with Crippen LogP contribution in [0.1, 0.15) is 12.0 Å². The molecule has 0 amide bonds. The molecule has 0 bridgehead atoms. The smallest absolute Gasteiger partial charge is 0.225 e. The Kier molecular flexibility index (Phi) is 7.53. The Morgan fingerprint density at radius 3 is 2.38 bits per heavy atom. The molecule has 0 aliphatic rings. The zero-order valence-corrected chi connectivity index (χ0v) is 17.5. The maximum absolute atomic E-state index is 4.77. The number of benzene rings is 1. The van der Waals surface area contributed by atoms with Crippen LogP contribution < -0.4 is 10.2 Å². The van der Waals surface area contributed by atoms with Crippen molar-refractivity contribution in [3.05, 3.63) is 66.5 Å². The van der Waals surface area contributed by atoms with Crippen LogP contribution in [0.25, 0.3) is 11.3 Å². The fourth-order valence-corrected chi connectivity index (χ4v) is 3.02. The predicted octanol–water partition coefficient (Wildman–Crippen LogP) is 3.58. The van der Waals surface area contributed by atoms with E-state index in [1.54, 1.807) is 0 Å². The Labute approximate surface area is 173 Å². The first-order chi connectivity index (χ1) is 14.1. The fourth-order valence-electron chi connectivity index (χ4n) is 3.02. The number of nitrogens with zero attached hydrogens (tertiary/aromatic N) is 5. The number of rotatable bonds is 10. The van der Waals surface area contributed by atoms with Gasteiger partial charge in [0.15, 0.2) is 0 Å². The van der Waals surface area contributed by atoms with E-state index in [1.165, 1.54) is 5.56 Å². The van der Waals surface area contributed by atoms with Crippen molar-refractivity contribution in [1.82, 2.24) is 19.9 Å². The summed E-state index contributed by atoms with van der Waals surface area (Å²) in [6.07, 6.45) is 5.65. The molecule has 1 aromatic carbocycles. The second-order valence-electron chi connectivity index (χ2n) is 7.41.